The lowest BCUT2D eigenvalue weighted by atomic mass is 9.80. The summed E-state index contributed by atoms with van der Waals surface area (Å²) in [5, 5.41) is 0. The zero-order valence-corrected chi connectivity index (χ0v) is 17.4. The van der Waals surface area contributed by atoms with Crippen LogP contribution in [0.1, 0.15) is 76.8 Å². The number of aryl methyl sites for hydroxylation is 2. The molecule has 0 spiro atoms. The second kappa shape index (κ2) is 11.2. The van der Waals surface area contributed by atoms with Crippen molar-refractivity contribution in [2.24, 2.45) is 11.8 Å². The molecule has 0 amide bonds. The molecule has 0 bridgehead atoms. The van der Waals surface area contributed by atoms with Crippen LogP contribution >= 0.6 is 0 Å². The maximum absolute atomic E-state index is 2.41. The summed E-state index contributed by atoms with van der Waals surface area (Å²) < 4.78 is 0. The summed E-state index contributed by atoms with van der Waals surface area (Å²) in [5.41, 5.74) is 5.46. The topological polar surface area (TPSA) is 0 Å². The highest BCUT2D eigenvalue weighted by atomic mass is 14.2. The molecule has 0 saturated heterocycles. The van der Waals surface area contributed by atoms with Gasteiger partial charge in [0, 0.05) is 0 Å². The van der Waals surface area contributed by atoms with Crippen molar-refractivity contribution in [3.63, 3.8) is 0 Å². The molecule has 0 N–H and O–H groups in total. The summed E-state index contributed by atoms with van der Waals surface area (Å²) in [6, 6.07) is 18.0. The number of hydrogen-bond donors (Lipinski definition) is 0. The average Bonchev–Trinajstić information content (AvgIpc) is 2.69. The molecule has 1 aliphatic rings. The van der Waals surface area contributed by atoms with Crippen molar-refractivity contribution in [3.8, 4) is 11.1 Å². The van der Waals surface area contributed by atoms with Crippen LogP contribution in [0.2, 0.25) is 0 Å². The van der Waals surface area contributed by atoms with Gasteiger partial charge >= 0.3 is 0 Å². The van der Waals surface area contributed by atoms with Crippen molar-refractivity contribution >= 4 is 0 Å². The fraction of sp³-hybridized carbons (Fsp3) is 0.538. The van der Waals surface area contributed by atoms with Crippen molar-refractivity contribution < 1.29 is 0 Å². The first kappa shape index (κ1) is 20.7. The van der Waals surface area contributed by atoms with Gasteiger partial charge in [0.05, 0.1) is 0 Å². The molecule has 26 heavy (non-hydrogen) atoms. The molecule has 0 unspecified atom stereocenters. The number of unbranched alkanes of at least 4 members (excludes halogenated alkanes) is 1. The molecule has 142 valence electrons. The molecule has 2 aromatic rings. The third kappa shape index (κ3) is 6.63. The van der Waals surface area contributed by atoms with Gasteiger partial charge in [-0.05, 0) is 48.3 Å². The Kier molecular flexibility index (Phi) is 8.95. The standard InChI is InChI=1S/C24H32.C2H6/c1-19-7-11-21(12-8-19)5-3-4-6-22-13-17-24(18-14-22)23-15-9-20(2)10-16-23;1-2/h9-10,13-19,21H,3-8,11-12H2,1-2H3;1-2H3. The van der Waals surface area contributed by atoms with E-state index in [1.54, 1.807) is 0 Å². The van der Waals surface area contributed by atoms with E-state index in [0.29, 0.717) is 0 Å². The zero-order valence-electron chi connectivity index (χ0n) is 17.4. The molecular weight excluding hydrogens is 312 g/mol. The lowest BCUT2D eigenvalue weighted by Gasteiger charge is -2.26. The SMILES string of the molecule is CC.Cc1ccc(-c2ccc(CCCCC3CCC(C)CC3)cc2)cc1. The van der Waals surface area contributed by atoms with Crippen LogP contribution in [-0.4, -0.2) is 0 Å². The molecule has 1 fully saturated rings. The van der Waals surface area contributed by atoms with Gasteiger partial charge in [-0.2, -0.15) is 0 Å². The van der Waals surface area contributed by atoms with Gasteiger partial charge in [-0.3, -0.25) is 0 Å². The smallest absolute Gasteiger partial charge is 0.0184 e. The van der Waals surface area contributed by atoms with Crippen LogP contribution in [-0.2, 0) is 6.42 Å². The van der Waals surface area contributed by atoms with Crippen LogP contribution in [0.25, 0.3) is 11.1 Å². The van der Waals surface area contributed by atoms with Gasteiger partial charge in [0.1, 0.15) is 0 Å². The Balaban J connectivity index is 0.00000117. The van der Waals surface area contributed by atoms with E-state index in [1.165, 1.54) is 73.6 Å². The maximum atomic E-state index is 2.41. The van der Waals surface area contributed by atoms with Crippen molar-refractivity contribution in [3.05, 3.63) is 59.7 Å². The zero-order chi connectivity index (χ0) is 18.8. The fourth-order valence-corrected chi connectivity index (χ4v) is 3.99. The molecule has 1 saturated carbocycles. The quantitative estimate of drug-likeness (QED) is 0.460. The largest absolute Gasteiger partial charge is 0.0683 e. The predicted octanol–water partition coefficient (Wildman–Crippen LogP) is 8.23. The minimum absolute atomic E-state index is 0.980. The highest BCUT2D eigenvalue weighted by Gasteiger charge is 2.17. The first-order chi connectivity index (χ1) is 12.7. The van der Waals surface area contributed by atoms with E-state index in [1.807, 2.05) is 13.8 Å². The van der Waals surface area contributed by atoms with E-state index >= 15 is 0 Å². The number of rotatable bonds is 6. The summed E-state index contributed by atoms with van der Waals surface area (Å²) in [7, 11) is 0. The van der Waals surface area contributed by atoms with Crippen LogP contribution in [0.3, 0.4) is 0 Å². The highest BCUT2D eigenvalue weighted by molar-refractivity contribution is 5.63. The van der Waals surface area contributed by atoms with Crippen molar-refractivity contribution in [1.29, 1.82) is 0 Å². The van der Waals surface area contributed by atoms with E-state index in [9.17, 15) is 0 Å². The molecule has 0 aliphatic heterocycles. The average molecular weight is 351 g/mol. The first-order valence-electron chi connectivity index (χ1n) is 10.9. The molecule has 0 nitrogen and oxygen atoms in total. The minimum atomic E-state index is 0.980. The van der Waals surface area contributed by atoms with Gasteiger partial charge in [0.2, 0.25) is 0 Å². The maximum Gasteiger partial charge on any atom is -0.0184 e. The van der Waals surface area contributed by atoms with E-state index in [2.05, 4.69) is 62.4 Å². The third-order valence-corrected chi connectivity index (χ3v) is 5.80. The lowest BCUT2D eigenvalue weighted by molar-refractivity contribution is 0.272. The highest BCUT2D eigenvalue weighted by Crippen LogP contribution is 2.31. The number of benzene rings is 2. The van der Waals surface area contributed by atoms with Crippen LogP contribution < -0.4 is 0 Å². The Morgan fingerprint density at radius 2 is 1.27 bits per heavy atom. The molecule has 2 aromatic carbocycles. The molecule has 0 heterocycles. The Hall–Kier alpha value is -1.56. The van der Waals surface area contributed by atoms with Gasteiger partial charge in [-0.25, -0.2) is 0 Å². The van der Waals surface area contributed by atoms with E-state index < -0.39 is 0 Å². The van der Waals surface area contributed by atoms with E-state index in [-0.39, 0.29) is 0 Å². The summed E-state index contributed by atoms with van der Waals surface area (Å²) in [6.07, 6.45) is 11.3. The second-order valence-corrected chi connectivity index (χ2v) is 7.93. The molecule has 0 aromatic heterocycles. The molecular formula is C26H38. The van der Waals surface area contributed by atoms with Crippen LogP contribution in [0.5, 0.6) is 0 Å². The van der Waals surface area contributed by atoms with Crippen molar-refractivity contribution in [1.82, 2.24) is 0 Å². The van der Waals surface area contributed by atoms with Gasteiger partial charge < -0.3 is 0 Å². The third-order valence-electron chi connectivity index (χ3n) is 5.80. The Morgan fingerprint density at radius 1 is 0.731 bits per heavy atom. The van der Waals surface area contributed by atoms with Gasteiger partial charge in [-0.1, -0.05) is 113 Å². The van der Waals surface area contributed by atoms with Gasteiger partial charge in [0.15, 0.2) is 0 Å². The fourth-order valence-electron chi connectivity index (χ4n) is 3.99. The minimum Gasteiger partial charge on any atom is -0.0683 e. The monoisotopic (exact) mass is 350 g/mol. The van der Waals surface area contributed by atoms with Crippen molar-refractivity contribution in [2.75, 3.05) is 0 Å². The van der Waals surface area contributed by atoms with Crippen molar-refractivity contribution in [2.45, 2.75) is 79.1 Å². The molecule has 0 radical (unpaired) electrons. The van der Waals surface area contributed by atoms with E-state index in [4.69, 9.17) is 0 Å². The summed E-state index contributed by atoms with van der Waals surface area (Å²) in [6.45, 7) is 8.55. The second-order valence-electron chi connectivity index (χ2n) is 7.93. The Labute approximate surface area is 162 Å². The molecule has 0 heteroatoms. The first-order valence-corrected chi connectivity index (χ1v) is 10.9. The molecule has 3 rings (SSSR count). The Bertz CT molecular complexity index is 597. The lowest BCUT2D eigenvalue weighted by Crippen LogP contribution is -2.12. The Morgan fingerprint density at radius 3 is 1.85 bits per heavy atom. The van der Waals surface area contributed by atoms with Crippen LogP contribution in [0.4, 0.5) is 0 Å². The predicted molar refractivity (Wildman–Crippen MR) is 117 cm³/mol. The normalized spacial score (nSPS) is 19.5. The van der Waals surface area contributed by atoms with Gasteiger partial charge in [0.25, 0.3) is 0 Å². The van der Waals surface area contributed by atoms with Crippen LogP contribution in [0.15, 0.2) is 48.5 Å². The van der Waals surface area contributed by atoms with Gasteiger partial charge in [-0.15, -0.1) is 0 Å². The summed E-state index contributed by atoms with van der Waals surface area (Å²) in [4.78, 5) is 0. The summed E-state index contributed by atoms with van der Waals surface area (Å²) >= 11 is 0. The number of hydrogen-bond acceptors (Lipinski definition) is 0. The van der Waals surface area contributed by atoms with E-state index in [0.717, 1.165) is 11.8 Å². The van der Waals surface area contributed by atoms with Crippen LogP contribution in [0, 0.1) is 18.8 Å². The molecule has 0 atom stereocenters. The molecule has 1 aliphatic carbocycles. The summed E-state index contributed by atoms with van der Waals surface area (Å²) in [5.74, 6) is 2.00.